The third-order valence-electron chi connectivity index (χ3n) is 4.79. The molecule has 0 atom stereocenters. The second kappa shape index (κ2) is 6.79. The minimum atomic E-state index is -4.68. The van der Waals surface area contributed by atoms with Gasteiger partial charge in [-0.1, -0.05) is 18.2 Å². The van der Waals surface area contributed by atoms with Gasteiger partial charge in [-0.15, -0.1) is 0 Å². The van der Waals surface area contributed by atoms with Crippen molar-refractivity contribution >= 4 is 22.4 Å². The first-order valence-electron chi connectivity index (χ1n) is 8.42. The molecule has 0 amide bonds. The van der Waals surface area contributed by atoms with Crippen LogP contribution in [0, 0.1) is 12.4 Å². The Hall–Kier alpha value is -3.14. The normalized spacial score (nSPS) is 12.2. The monoisotopic (exact) mass is 388 g/mol. The number of aromatic nitrogens is 1. The quantitative estimate of drug-likeness (QED) is 0.404. The van der Waals surface area contributed by atoms with E-state index in [1.165, 1.54) is 18.2 Å². The van der Waals surface area contributed by atoms with Gasteiger partial charge in [0, 0.05) is 12.6 Å². The molecule has 0 aliphatic heterocycles. The van der Waals surface area contributed by atoms with Gasteiger partial charge in [0.15, 0.2) is 11.5 Å². The number of alkyl halides is 3. The minimum Gasteiger partial charge on any atom is -0.335 e. The second-order valence-corrected chi connectivity index (χ2v) is 7.01. The third-order valence-corrected chi connectivity index (χ3v) is 4.79. The fraction of sp³-hybridized carbons (Fsp3) is 0.238. The number of Topliss-reactive ketones (excluding diaryl/α,β-unsaturated/α-hetero) is 1. The number of rotatable bonds is 4. The average Bonchev–Trinajstić information content (AvgIpc) is 3.04. The maximum Gasteiger partial charge on any atom is 0.407 e. The van der Waals surface area contributed by atoms with Crippen molar-refractivity contribution in [3.05, 3.63) is 77.0 Å². The van der Waals surface area contributed by atoms with Crippen molar-refractivity contribution in [3.8, 4) is 0 Å². The van der Waals surface area contributed by atoms with Crippen molar-refractivity contribution in [2.75, 3.05) is 0 Å². The number of hydrogen-bond donors (Lipinski definition) is 0. The molecule has 0 saturated carbocycles. The van der Waals surface area contributed by atoms with E-state index in [0.29, 0.717) is 5.52 Å². The van der Waals surface area contributed by atoms with Crippen LogP contribution in [0.15, 0.2) is 48.7 Å². The molecule has 2 aromatic carbocycles. The molecule has 1 aromatic heterocycles. The molecule has 0 spiro atoms. The molecule has 0 radical (unpaired) electrons. The number of ketones is 1. The molecule has 1 heterocycles. The summed E-state index contributed by atoms with van der Waals surface area (Å²) in [6.45, 7) is 10.2. The van der Waals surface area contributed by atoms with Crippen LogP contribution in [0.4, 0.5) is 23.2 Å². The smallest absolute Gasteiger partial charge is 0.335 e. The Morgan fingerprint density at radius 3 is 2.46 bits per heavy atom. The fourth-order valence-electron chi connectivity index (χ4n) is 3.14. The van der Waals surface area contributed by atoms with E-state index < -0.39 is 28.8 Å². The minimum absolute atomic E-state index is 0.167. The number of nitrogens with zero attached hydrogens (tertiary/aromatic N) is 2. The van der Waals surface area contributed by atoms with Gasteiger partial charge in [-0.3, -0.25) is 4.79 Å². The molecule has 28 heavy (non-hydrogen) atoms. The van der Waals surface area contributed by atoms with Gasteiger partial charge in [-0.25, -0.2) is 9.24 Å². The second-order valence-electron chi connectivity index (χ2n) is 7.01. The predicted octanol–water partition coefficient (Wildman–Crippen LogP) is 5.90. The Bertz CT molecular complexity index is 1100. The molecule has 0 bridgehead atoms. The summed E-state index contributed by atoms with van der Waals surface area (Å²) >= 11 is 0. The number of benzene rings is 2. The van der Waals surface area contributed by atoms with E-state index in [1.807, 2.05) is 0 Å². The van der Waals surface area contributed by atoms with Crippen LogP contribution in [0.3, 0.4) is 0 Å². The zero-order valence-electron chi connectivity index (χ0n) is 15.1. The maximum absolute atomic E-state index is 13.6. The molecule has 3 nitrogen and oxygen atoms in total. The topological polar surface area (TPSA) is 26.4 Å². The van der Waals surface area contributed by atoms with E-state index >= 15 is 0 Å². The summed E-state index contributed by atoms with van der Waals surface area (Å²) < 4.78 is 54.7. The van der Waals surface area contributed by atoms with Crippen molar-refractivity contribution in [3.63, 3.8) is 0 Å². The SMILES string of the molecule is [C-]#[N+]c1ccc(CC(=O)C(C)(C)n2ccc3ccc(F)cc32)cc1C(F)(F)F. The number of halogens is 4. The number of carbonyl (C=O) groups excluding carboxylic acids is 1. The zero-order chi connectivity index (χ0) is 20.7. The highest BCUT2D eigenvalue weighted by atomic mass is 19.4. The molecule has 0 fully saturated rings. The zero-order valence-corrected chi connectivity index (χ0v) is 15.1. The Balaban J connectivity index is 1.96. The van der Waals surface area contributed by atoms with Crippen LogP contribution in [0.25, 0.3) is 15.7 Å². The first-order valence-corrected chi connectivity index (χ1v) is 8.42. The van der Waals surface area contributed by atoms with Crippen LogP contribution in [0.2, 0.25) is 0 Å². The van der Waals surface area contributed by atoms with Crippen LogP contribution in [0.5, 0.6) is 0 Å². The molecule has 3 aromatic rings. The van der Waals surface area contributed by atoms with Gasteiger partial charge >= 0.3 is 6.18 Å². The van der Waals surface area contributed by atoms with Crippen molar-refractivity contribution in [2.45, 2.75) is 32.0 Å². The highest BCUT2D eigenvalue weighted by Gasteiger charge is 2.35. The summed E-state index contributed by atoms with van der Waals surface area (Å²) in [7, 11) is 0. The molecular weight excluding hydrogens is 372 g/mol. The van der Waals surface area contributed by atoms with E-state index in [0.717, 1.165) is 17.5 Å². The molecule has 0 aliphatic carbocycles. The summed E-state index contributed by atoms with van der Waals surface area (Å²) in [6, 6.07) is 9.25. The van der Waals surface area contributed by atoms with Gasteiger partial charge in [-0.05, 0) is 49.1 Å². The van der Waals surface area contributed by atoms with Crippen LogP contribution in [-0.2, 0) is 22.9 Å². The van der Waals surface area contributed by atoms with Crippen molar-refractivity contribution in [1.82, 2.24) is 4.57 Å². The molecule has 7 heteroatoms. The van der Waals surface area contributed by atoms with Crippen LogP contribution in [-0.4, -0.2) is 10.4 Å². The molecular formula is C21H16F4N2O. The van der Waals surface area contributed by atoms with Gasteiger partial charge in [0.05, 0.1) is 23.2 Å². The predicted molar refractivity (Wildman–Crippen MR) is 97.6 cm³/mol. The van der Waals surface area contributed by atoms with Gasteiger partial charge in [0.1, 0.15) is 5.82 Å². The number of fused-ring (bicyclic) bond motifs is 1. The molecule has 0 aliphatic rings. The number of carbonyl (C=O) groups is 1. The maximum atomic E-state index is 13.6. The lowest BCUT2D eigenvalue weighted by Crippen LogP contribution is -2.36. The van der Waals surface area contributed by atoms with Crippen molar-refractivity contribution in [1.29, 1.82) is 0 Å². The van der Waals surface area contributed by atoms with E-state index in [-0.39, 0.29) is 17.8 Å². The molecule has 0 unspecified atom stereocenters. The van der Waals surface area contributed by atoms with Gasteiger partial charge in [0.25, 0.3) is 0 Å². The standard InChI is InChI=1S/C21H16F4N2O/c1-20(2,27-9-8-14-5-6-15(22)12-18(14)27)19(28)11-13-4-7-17(26-3)16(10-13)21(23,24)25/h4-10,12H,11H2,1-2H3. The molecule has 0 saturated heterocycles. The lowest BCUT2D eigenvalue weighted by atomic mass is 9.92. The molecule has 144 valence electrons. The Kier molecular flexibility index (Phi) is 4.76. The first kappa shape index (κ1) is 19.6. The Morgan fingerprint density at radius 1 is 1.11 bits per heavy atom. The lowest BCUT2D eigenvalue weighted by molar-refractivity contribution is -0.137. The van der Waals surface area contributed by atoms with Gasteiger partial charge in [-0.2, -0.15) is 13.2 Å². The summed E-state index contributed by atoms with van der Waals surface area (Å²) in [5.41, 5.74) is -1.97. The first-order chi connectivity index (χ1) is 13.0. The summed E-state index contributed by atoms with van der Waals surface area (Å²) in [5, 5.41) is 0.753. The third kappa shape index (κ3) is 3.50. The largest absolute Gasteiger partial charge is 0.407 e. The van der Waals surface area contributed by atoms with Crippen molar-refractivity contribution in [2.24, 2.45) is 0 Å². The van der Waals surface area contributed by atoms with E-state index in [1.54, 1.807) is 36.7 Å². The van der Waals surface area contributed by atoms with Crippen LogP contribution >= 0.6 is 0 Å². The average molecular weight is 388 g/mol. The van der Waals surface area contributed by atoms with E-state index in [2.05, 4.69) is 4.85 Å². The highest BCUT2D eigenvalue weighted by Crippen LogP contribution is 2.37. The molecule has 0 N–H and O–H groups in total. The van der Waals surface area contributed by atoms with Crippen molar-refractivity contribution < 1.29 is 22.4 Å². The van der Waals surface area contributed by atoms with Gasteiger partial charge < -0.3 is 4.57 Å². The van der Waals surface area contributed by atoms with Crippen LogP contribution < -0.4 is 0 Å². The summed E-state index contributed by atoms with van der Waals surface area (Å²) in [4.78, 5) is 15.8. The van der Waals surface area contributed by atoms with Crippen LogP contribution in [0.1, 0.15) is 25.0 Å². The Morgan fingerprint density at radius 2 is 1.82 bits per heavy atom. The fourth-order valence-corrected chi connectivity index (χ4v) is 3.14. The molecule has 3 rings (SSSR count). The van der Waals surface area contributed by atoms with Gasteiger partial charge in [0.2, 0.25) is 0 Å². The number of hydrogen-bond acceptors (Lipinski definition) is 1. The lowest BCUT2D eigenvalue weighted by Gasteiger charge is -2.27. The Labute approximate surface area is 159 Å². The summed E-state index contributed by atoms with van der Waals surface area (Å²) in [6.07, 6.45) is -3.27. The van der Waals surface area contributed by atoms with E-state index in [9.17, 15) is 22.4 Å². The highest BCUT2D eigenvalue weighted by molar-refractivity contribution is 5.91. The summed E-state index contributed by atoms with van der Waals surface area (Å²) in [5.74, 6) is -0.779. The van der Waals surface area contributed by atoms with E-state index in [4.69, 9.17) is 6.57 Å².